The Bertz CT molecular complexity index is 649. The summed E-state index contributed by atoms with van der Waals surface area (Å²) in [6, 6.07) is 7.91. The van der Waals surface area contributed by atoms with E-state index in [1.54, 1.807) is 0 Å². The van der Waals surface area contributed by atoms with Gasteiger partial charge in [0.15, 0.2) is 5.82 Å². The average Bonchev–Trinajstić information content (AvgIpc) is 3.13. The third-order valence-electron chi connectivity index (χ3n) is 3.45. The second kappa shape index (κ2) is 5.01. The van der Waals surface area contributed by atoms with Gasteiger partial charge in [0.25, 0.3) is 0 Å². The molecule has 1 aliphatic rings. The number of aromatic nitrogens is 2. The molecular formula is C14H13BrN2O3. The average molecular weight is 337 g/mol. The van der Waals surface area contributed by atoms with Gasteiger partial charge >= 0.3 is 5.97 Å². The van der Waals surface area contributed by atoms with Crippen molar-refractivity contribution in [1.82, 2.24) is 10.1 Å². The van der Waals surface area contributed by atoms with E-state index in [1.807, 2.05) is 24.3 Å². The highest BCUT2D eigenvalue weighted by Crippen LogP contribution is 2.48. The van der Waals surface area contributed by atoms with E-state index in [4.69, 9.17) is 9.26 Å². The number of rotatable bonds is 4. The number of carbonyl (C=O) groups is 1. The van der Waals surface area contributed by atoms with Gasteiger partial charge in [0.05, 0.1) is 7.11 Å². The van der Waals surface area contributed by atoms with Crippen molar-refractivity contribution in [3.63, 3.8) is 0 Å². The highest BCUT2D eigenvalue weighted by molar-refractivity contribution is 9.10. The minimum atomic E-state index is -0.697. The maximum absolute atomic E-state index is 11.8. The van der Waals surface area contributed by atoms with Gasteiger partial charge < -0.3 is 9.26 Å². The molecule has 1 heterocycles. The first kappa shape index (κ1) is 13.3. The number of hydrogen-bond donors (Lipinski definition) is 0. The Hall–Kier alpha value is -1.69. The summed E-state index contributed by atoms with van der Waals surface area (Å²) in [5.74, 6) is 0.651. The first-order valence-electron chi connectivity index (χ1n) is 6.30. The van der Waals surface area contributed by atoms with Crippen molar-refractivity contribution < 1.29 is 14.1 Å². The van der Waals surface area contributed by atoms with Gasteiger partial charge in [-0.25, -0.2) is 0 Å². The van der Waals surface area contributed by atoms with Crippen LogP contribution in [0.3, 0.4) is 0 Å². The molecule has 0 unspecified atom stereocenters. The maximum atomic E-state index is 11.8. The first-order valence-corrected chi connectivity index (χ1v) is 7.09. The van der Waals surface area contributed by atoms with Crippen molar-refractivity contribution in [2.24, 2.45) is 0 Å². The highest BCUT2D eigenvalue weighted by atomic mass is 79.9. The predicted molar refractivity (Wildman–Crippen MR) is 74.2 cm³/mol. The van der Waals surface area contributed by atoms with Gasteiger partial charge in [0.2, 0.25) is 5.89 Å². The summed E-state index contributed by atoms with van der Waals surface area (Å²) in [7, 11) is 1.38. The molecule has 3 rings (SSSR count). The number of ether oxygens (including phenoxy) is 1. The molecule has 104 valence electrons. The lowest BCUT2D eigenvalue weighted by atomic mass is 10.1. The minimum Gasteiger partial charge on any atom is -0.468 e. The van der Waals surface area contributed by atoms with Crippen LogP contribution in [0.25, 0.3) is 0 Å². The zero-order valence-corrected chi connectivity index (χ0v) is 12.5. The van der Waals surface area contributed by atoms with Crippen LogP contribution in [-0.2, 0) is 21.4 Å². The molecule has 0 amide bonds. The molecule has 0 N–H and O–H groups in total. The van der Waals surface area contributed by atoms with Gasteiger partial charge in [0.1, 0.15) is 5.41 Å². The van der Waals surface area contributed by atoms with Gasteiger partial charge in [-0.3, -0.25) is 4.79 Å². The van der Waals surface area contributed by atoms with E-state index in [1.165, 1.54) is 7.11 Å². The molecule has 0 bridgehead atoms. The lowest BCUT2D eigenvalue weighted by Crippen LogP contribution is -2.22. The van der Waals surface area contributed by atoms with Crippen LogP contribution >= 0.6 is 15.9 Å². The van der Waals surface area contributed by atoms with E-state index < -0.39 is 5.41 Å². The van der Waals surface area contributed by atoms with Crippen LogP contribution < -0.4 is 0 Å². The molecule has 1 aromatic heterocycles. The molecule has 0 spiro atoms. The van der Waals surface area contributed by atoms with Gasteiger partial charge in [-0.1, -0.05) is 33.2 Å². The molecule has 1 aliphatic carbocycles. The van der Waals surface area contributed by atoms with Crippen LogP contribution in [0.5, 0.6) is 0 Å². The molecule has 2 aromatic rings. The van der Waals surface area contributed by atoms with Crippen molar-refractivity contribution in [3.05, 3.63) is 46.0 Å². The smallest absolute Gasteiger partial charge is 0.321 e. The molecule has 0 aliphatic heterocycles. The van der Waals surface area contributed by atoms with Gasteiger partial charge in [-0.05, 0) is 30.5 Å². The summed E-state index contributed by atoms with van der Waals surface area (Å²) >= 11 is 3.43. The number of benzene rings is 1. The van der Waals surface area contributed by atoms with Gasteiger partial charge in [-0.2, -0.15) is 4.98 Å². The normalized spacial score (nSPS) is 15.9. The van der Waals surface area contributed by atoms with E-state index in [9.17, 15) is 4.79 Å². The molecule has 1 saturated carbocycles. The van der Waals surface area contributed by atoms with E-state index >= 15 is 0 Å². The number of nitrogens with zero attached hydrogens (tertiary/aromatic N) is 2. The van der Waals surface area contributed by atoms with Crippen molar-refractivity contribution >= 4 is 21.9 Å². The monoisotopic (exact) mass is 336 g/mol. The molecular weight excluding hydrogens is 324 g/mol. The predicted octanol–water partition coefficient (Wildman–Crippen LogP) is 2.63. The first-order chi connectivity index (χ1) is 9.64. The summed E-state index contributed by atoms with van der Waals surface area (Å²) in [5, 5.41) is 3.95. The number of methoxy groups -OCH3 is 1. The van der Waals surface area contributed by atoms with Crippen molar-refractivity contribution in [2.75, 3.05) is 7.11 Å². The Morgan fingerprint density at radius 1 is 1.50 bits per heavy atom. The second-order valence-electron chi connectivity index (χ2n) is 4.90. The van der Waals surface area contributed by atoms with Crippen LogP contribution in [0.2, 0.25) is 0 Å². The number of hydrogen-bond acceptors (Lipinski definition) is 5. The summed E-state index contributed by atoms with van der Waals surface area (Å²) in [4.78, 5) is 16.1. The van der Waals surface area contributed by atoms with Crippen LogP contribution in [0.15, 0.2) is 33.3 Å². The fourth-order valence-corrected chi connectivity index (χ4v) is 2.62. The van der Waals surface area contributed by atoms with Crippen LogP contribution in [0, 0.1) is 0 Å². The third-order valence-corrected chi connectivity index (χ3v) is 3.95. The summed E-state index contributed by atoms with van der Waals surface area (Å²) in [6.07, 6.45) is 1.98. The lowest BCUT2D eigenvalue weighted by molar-refractivity contribution is -0.144. The Morgan fingerprint density at radius 3 is 2.95 bits per heavy atom. The minimum absolute atomic E-state index is 0.296. The molecule has 0 atom stereocenters. The van der Waals surface area contributed by atoms with Crippen LogP contribution in [0.1, 0.15) is 30.1 Å². The second-order valence-corrected chi connectivity index (χ2v) is 5.81. The number of carbonyl (C=O) groups excluding carboxylic acids is 1. The molecule has 20 heavy (non-hydrogen) atoms. The fraction of sp³-hybridized carbons (Fsp3) is 0.357. The Balaban J connectivity index is 1.79. The van der Waals surface area contributed by atoms with E-state index in [0.717, 1.165) is 10.0 Å². The van der Waals surface area contributed by atoms with Crippen molar-refractivity contribution in [3.8, 4) is 0 Å². The molecule has 0 radical (unpaired) electrons. The molecule has 6 heteroatoms. The lowest BCUT2D eigenvalue weighted by Gasteiger charge is -2.05. The Kier molecular flexibility index (Phi) is 3.33. The topological polar surface area (TPSA) is 65.2 Å². The van der Waals surface area contributed by atoms with Crippen molar-refractivity contribution in [1.29, 1.82) is 0 Å². The number of halogens is 1. The molecule has 1 aromatic carbocycles. The standard InChI is InChI=1S/C14H13BrN2O3/c1-19-13(18)14(5-6-14)12-16-11(17-20-12)8-9-3-2-4-10(15)7-9/h2-4,7H,5-6,8H2,1H3. The fourth-order valence-electron chi connectivity index (χ4n) is 2.18. The maximum Gasteiger partial charge on any atom is 0.321 e. The van der Waals surface area contributed by atoms with Gasteiger partial charge in [-0.15, -0.1) is 0 Å². The molecule has 5 nitrogen and oxygen atoms in total. The molecule has 0 saturated heterocycles. The summed E-state index contributed by atoms with van der Waals surface area (Å²) in [6.45, 7) is 0. The Labute approximate surface area is 124 Å². The van der Waals surface area contributed by atoms with Crippen molar-refractivity contribution in [2.45, 2.75) is 24.7 Å². The summed E-state index contributed by atoms with van der Waals surface area (Å²) < 4.78 is 11.1. The zero-order chi connectivity index (χ0) is 14.2. The van der Waals surface area contributed by atoms with Crippen LogP contribution in [-0.4, -0.2) is 23.2 Å². The van der Waals surface area contributed by atoms with E-state index in [2.05, 4.69) is 26.1 Å². The van der Waals surface area contributed by atoms with Gasteiger partial charge in [0, 0.05) is 10.9 Å². The third kappa shape index (κ3) is 2.35. The quantitative estimate of drug-likeness (QED) is 0.803. The van der Waals surface area contributed by atoms with Crippen LogP contribution in [0.4, 0.5) is 0 Å². The molecule has 1 fully saturated rings. The zero-order valence-electron chi connectivity index (χ0n) is 10.9. The highest BCUT2D eigenvalue weighted by Gasteiger charge is 2.57. The van der Waals surface area contributed by atoms with E-state index in [0.29, 0.717) is 31.0 Å². The largest absolute Gasteiger partial charge is 0.468 e. The summed E-state index contributed by atoms with van der Waals surface area (Å²) in [5.41, 5.74) is 0.381. The number of esters is 1. The Morgan fingerprint density at radius 2 is 2.30 bits per heavy atom. The SMILES string of the molecule is COC(=O)C1(c2nc(Cc3cccc(Br)c3)no2)CC1. The van der Waals surface area contributed by atoms with E-state index in [-0.39, 0.29) is 5.97 Å².